The smallest absolute Gasteiger partial charge is 0.330 e. The minimum Gasteiger partial charge on any atom is -0.383 e. The number of aromatic nitrogens is 2. The molecule has 2 aromatic rings. The summed E-state index contributed by atoms with van der Waals surface area (Å²) in [5, 5.41) is 0. The van der Waals surface area contributed by atoms with Gasteiger partial charge in [-0.1, -0.05) is 29.3 Å². The lowest BCUT2D eigenvalue weighted by atomic mass is 10.2. The summed E-state index contributed by atoms with van der Waals surface area (Å²) in [7, 11) is 1.50. The highest BCUT2D eigenvalue weighted by atomic mass is 79.9. The highest BCUT2D eigenvalue weighted by Crippen LogP contribution is 2.20. The van der Waals surface area contributed by atoms with Gasteiger partial charge in [-0.25, -0.2) is 4.79 Å². The average molecular weight is 439 g/mol. The van der Waals surface area contributed by atoms with Gasteiger partial charge in [-0.2, -0.15) is 0 Å². The van der Waals surface area contributed by atoms with E-state index >= 15 is 0 Å². The minimum atomic E-state index is -0.702. The molecule has 9 heteroatoms. The Morgan fingerprint density at radius 1 is 1.30 bits per heavy atom. The normalized spacial score (nSPS) is 10.8. The topological polar surface area (TPSA) is 110 Å². The molecule has 3 N–H and O–H groups in total. The molecule has 0 saturated heterocycles. The third-order valence-corrected chi connectivity index (χ3v) is 4.60. The highest BCUT2D eigenvalue weighted by Gasteiger charge is 2.25. The van der Waals surface area contributed by atoms with E-state index < -0.39 is 17.2 Å². The molecule has 2 rings (SSSR count). The fraction of sp³-hybridized carbons (Fsp3) is 0.389. The quantitative estimate of drug-likeness (QED) is 0.654. The van der Waals surface area contributed by atoms with Crippen molar-refractivity contribution in [1.82, 2.24) is 9.55 Å². The van der Waals surface area contributed by atoms with Crippen LogP contribution in [-0.4, -0.2) is 35.7 Å². The van der Waals surface area contributed by atoms with Crippen LogP contribution in [0, 0.1) is 0 Å². The Kier molecular flexibility index (Phi) is 7.37. The van der Waals surface area contributed by atoms with Crippen molar-refractivity contribution in [3.63, 3.8) is 0 Å². The third kappa shape index (κ3) is 4.86. The number of rotatable bonds is 8. The number of amides is 1. The lowest BCUT2D eigenvalue weighted by Crippen LogP contribution is -2.42. The summed E-state index contributed by atoms with van der Waals surface area (Å²) in [4.78, 5) is 41.2. The Balaban J connectivity index is 2.55. The first kappa shape index (κ1) is 20.9. The molecule has 0 aliphatic heterocycles. The lowest BCUT2D eigenvalue weighted by Gasteiger charge is -2.24. The minimum absolute atomic E-state index is 0.0289. The number of nitrogens with two attached hydrogens (primary N) is 1. The fourth-order valence-electron chi connectivity index (χ4n) is 2.62. The number of H-pyrrole nitrogens is 1. The predicted octanol–water partition coefficient (Wildman–Crippen LogP) is 1.97. The van der Waals surface area contributed by atoms with Crippen LogP contribution in [0.25, 0.3) is 0 Å². The summed E-state index contributed by atoms with van der Waals surface area (Å²) >= 11 is 3.33. The molecular weight excluding hydrogens is 416 g/mol. The average Bonchev–Trinajstić information content (AvgIpc) is 2.64. The number of anilines is 2. The van der Waals surface area contributed by atoms with Crippen LogP contribution >= 0.6 is 15.9 Å². The van der Waals surface area contributed by atoms with Gasteiger partial charge in [-0.15, -0.1) is 0 Å². The standard InChI is InChI=1S/C18H23BrN4O4/c1-3-4-9-23-15(20)14(16(24)21-18(23)26)22(10-11-27-2)17(25)12-5-7-13(19)8-6-12/h5-8H,3-4,9-11,20H2,1-2H3,(H,21,24,26). The van der Waals surface area contributed by atoms with Gasteiger partial charge in [0, 0.05) is 30.2 Å². The van der Waals surface area contributed by atoms with E-state index in [0.29, 0.717) is 18.5 Å². The number of nitrogen functional groups attached to an aromatic ring is 1. The second kappa shape index (κ2) is 9.52. The van der Waals surface area contributed by atoms with Crippen LogP contribution in [0.3, 0.4) is 0 Å². The van der Waals surface area contributed by atoms with Gasteiger partial charge in [0.1, 0.15) is 5.82 Å². The van der Waals surface area contributed by atoms with Crippen LogP contribution < -0.4 is 21.9 Å². The molecule has 0 unspecified atom stereocenters. The van der Waals surface area contributed by atoms with Gasteiger partial charge in [-0.05, 0) is 30.7 Å². The number of carbonyl (C=O) groups excluding carboxylic acids is 1. The van der Waals surface area contributed by atoms with E-state index in [1.54, 1.807) is 24.3 Å². The highest BCUT2D eigenvalue weighted by molar-refractivity contribution is 9.10. The van der Waals surface area contributed by atoms with Crippen LogP contribution in [0.5, 0.6) is 0 Å². The maximum absolute atomic E-state index is 13.0. The van der Waals surface area contributed by atoms with E-state index in [0.717, 1.165) is 10.9 Å². The molecule has 1 aromatic heterocycles. The van der Waals surface area contributed by atoms with Crippen molar-refractivity contribution in [2.24, 2.45) is 0 Å². The van der Waals surface area contributed by atoms with Crippen molar-refractivity contribution in [3.05, 3.63) is 55.1 Å². The zero-order chi connectivity index (χ0) is 20.0. The predicted molar refractivity (Wildman–Crippen MR) is 108 cm³/mol. The summed E-state index contributed by atoms with van der Waals surface area (Å²) in [5.41, 5.74) is 5.19. The van der Waals surface area contributed by atoms with Crippen LogP contribution in [0.2, 0.25) is 0 Å². The number of unbranched alkanes of at least 4 members (excludes halogenated alkanes) is 1. The SMILES string of the molecule is CCCCn1c(N)c(N(CCOC)C(=O)c2ccc(Br)cc2)c(=O)[nH]c1=O. The van der Waals surface area contributed by atoms with Crippen molar-refractivity contribution in [1.29, 1.82) is 0 Å². The molecule has 0 aliphatic rings. The molecule has 146 valence electrons. The number of hydrogen-bond acceptors (Lipinski definition) is 5. The first-order chi connectivity index (χ1) is 12.9. The second-order valence-corrected chi connectivity index (χ2v) is 6.87. The molecule has 0 radical (unpaired) electrons. The van der Waals surface area contributed by atoms with Gasteiger partial charge < -0.3 is 10.5 Å². The number of hydrogen-bond donors (Lipinski definition) is 2. The van der Waals surface area contributed by atoms with Gasteiger partial charge in [0.2, 0.25) is 0 Å². The Bertz CT molecular complexity index is 905. The zero-order valence-corrected chi connectivity index (χ0v) is 16.9. The number of benzene rings is 1. The fourth-order valence-corrected chi connectivity index (χ4v) is 2.89. The monoisotopic (exact) mass is 438 g/mol. The van der Waals surface area contributed by atoms with Gasteiger partial charge in [0.25, 0.3) is 11.5 Å². The number of nitrogens with zero attached hydrogens (tertiary/aromatic N) is 2. The van der Waals surface area contributed by atoms with E-state index in [1.807, 2.05) is 6.92 Å². The van der Waals surface area contributed by atoms with E-state index in [-0.39, 0.29) is 24.7 Å². The summed E-state index contributed by atoms with van der Waals surface area (Å²) in [6.45, 7) is 2.66. The Morgan fingerprint density at radius 2 is 1.96 bits per heavy atom. The molecule has 1 amide bonds. The van der Waals surface area contributed by atoms with Gasteiger partial charge in [-0.3, -0.25) is 24.0 Å². The third-order valence-electron chi connectivity index (χ3n) is 4.07. The lowest BCUT2D eigenvalue weighted by molar-refractivity contribution is 0.0975. The molecule has 0 atom stereocenters. The summed E-state index contributed by atoms with van der Waals surface area (Å²) in [5.74, 6) is -0.434. The Hall–Kier alpha value is -2.39. The number of aromatic amines is 1. The van der Waals surface area contributed by atoms with Gasteiger partial charge in [0.15, 0.2) is 5.69 Å². The second-order valence-electron chi connectivity index (χ2n) is 5.95. The summed E-state index contributed by atoms with van der Waals surface area (Å²) < 4.78 is 7.19. The van der Waals surface area contributed by atoms with Crippen molar-refractivity contribution >= 4 is 33.3 Å². The molecule has 0 aliphatic carbocycles. The van der Waals surface area contributed by atoms with Crippen molar-refractivity contribution in [3.8, 4) is 0 Å². The number of halogens is 1. The van der Waals surface area contributed by atoms with Crippen molar-refractivity contribution < 1.29 is 9.53 Å². The summed E-state index contributed by atoms with van der Waals surface area (Å²) in [6.07, 6.45) is 1.57. The molecule has 27 heavy (non-hydrogen) atoms. The van der Waals surface area contributed by atoms with Crippen LogP contribution in [0.4, 0.5) is 11.5 Å². The maximum Gasteiger partial charge on any atom is 0.330 e. The molecule has 0 saturated carbocycles. The Labute approximate surface area is 165 Å². The molecule has 1 aromatic carbocycles. The van der Waals surface area contributed by atoms with Crippen molar-refractivity contribution in [2.75, 3.05) is 30.9 Å². The van der Waals surface area contributed by atoms with E-state index in [9.17, 15) is 14.4 Å². The molecule has 1 heterocycles. The van der Waals surface area contributed by atoms with Crippen LogP contribution in [0.1, 0.15) is 30.1 Å². The van der Waals surface area contributed by atoms with E-state index in [4.69, 9.17) is 10.5 Å². The number of nitrogens with one attached hydrogen (secondary N) is 1. The molecular formula is C18H23BrN4O4. The van der Waals surface area contributed by atoms with Gasteiger partial charge in [0.05, 0.1) is 6.61 Å². The Morgan fingerprint density at radius 3 is 2.56 bits per heavy atom. The van der Waals surface area contributed by atoms with Crippen LogP contribution in [0.15, 0.2) is 38.3 Å². The number of ether oxygens (including phenoxy) is 1. The molecule has 0 spiro atoms. The van der Waals surface area contributed by atoms with Crippen molar-refractivity contribution in [2.45, 2.75) is 26.3 Å². The largest absolute Gasteiger partial charge is 0.383 e. The van der Waals surface area contributed by atoms with Crippen LogP contribution in [-0.2, 0) is 11.3 Å². The van der Waals surface area contributed by atoms with E-state index in [1.165, 1.54) is 16.6 Å². The number of carbonyl (C=O) groups is 1. The first-order valence-corrected chi connectivity index (χ1v) is 9.39. The maximum atomic E-state index is 13.0. The molecule has 0 fully saturated rings. The summed E-state index contributed by atoms with van der Waals surface area (Å²) in [6, 6.07) is 6.75. The zero-order valence-electron chi connectivity index (χ0n) is 15.3. The number of methoxy groups -OCH3 is 1. The van der Waals surface area contributed by atoms with Gasteiger partial charge >= 0.3 is 5.69 Å². The molecule has 0 bridgehead atoms. The molecule has 8 nitrogen and oxygen atoms in total. The van der Waals surface area contributed by atoms with E-state index in [2.05, 4.69) is 20.9 Å². The first-order valence-electron chi connectivity index (χ1n) is 8.59.